The van der Waals surface area contributed by atoms with Crippen LogP contribution in [0, 0.1) is 12.8 Å². The molecular formula is C19H21N7. The lowest BCUT2D eigenvalue weighted by Crippen LogP contribution is -2.16. The van der Waals surface area contributed by atoms with Crippen molar-refractivity contribution in [3.05, 3.63) is 48.3 Å². The van der Waals surface area contributed by atoms with Crippen LogP contribution in [0.1, 0.15) is 37.2 Å². The number of H-pyrrole nitrogens is 1. The fraction of sp³-hybridized carbons (Fsp3) is 0.368. The van der Waals surface area contributed by atoms with Gasteiger partial charge < -0.3 is 10.3 Å². The van der Waals surface area contributed by atoms with Gasteiger partial charge in [0.15, 0.2) is 11.3 Å². The molecule has 132 valence electrons. The molecule has 1 saturated carbocycles. The maximum absolute atomic E-state index is 4.53. The Bertz CT molecular complexity index is 1060. The zero-order valence-corrected chi connectivity index (χ0v) is 14.8. The van der Waals surface area contributed by atoms with E-state index >= 15 is 0 Å². The monoisotopic (exact) mass is 347 g/mol. The van der Waals surface area contributed by atoms with Crippen molar-refractivity contribution in [3.63, 3.8) is 0 Å². The number of hydrogen-bond donors (Lipinski definition) is 2. The van der Waals surface area contributed by atoms with Crippen molar-refractivity contribution in [2.24, 2.45) is 5.92 Å². The zero-order chi connectivity index (χ0) is 17.7. The summed E-state index contributed by atoms with van der Waals surface area (Å²) in [5, 5.41) is 12.5. The second-order valence-electron chi connectivity index (χ2n) is 7.31. The molecule has 0 saturated heterocycles. The summed E-state index contributed by atoms with van der Waals surface area (Å²) >= 11 is 0. The zero-order valence-electron chi connectivity index (χ0n) is 14.8. The van der Waals surface area contributed by atoms with E-state index in [9.17, 15) is 0 Å². The number of hydrogen-bond acceptors (Lipinski definition) is 5. The first-order valence-electron chi connectivity index (χ1n) is 9.05. The molecule has 7 heteroatoms. The molecule has 4 heterocycles. The van der Waals surface area contributed by atoms with Crippen LogP contribution in [0.3, 0.4) is 0 Å². The van der Waals surface area contributed by atoms with Crippen LogP contribution < -0.4 is 5.32 Å². The van der Waals surface area contributed by atoms with Crippen molar-refractivity contribution in [2.45, 2.75) is 38.6 Å². The Morgan fingerprint density at radius 3 is 2.88 bits per heavy atom. The van der Waals surface area contributed by atoms with Crippen LogP contribution in [0.5, 0.6) is 0 Å². The van der Waals surface area contributed by atoms with Crippen molar-refractivity contribution in [1.29, 1.82) is 0 Å². The fourth-order valence-electron chi connectivity index (χ4n) is 4.15. The summed E-state index contributed by atoms with van der Waals surface area (Å²) in [5.74, 6) is 1.92. The van der Waals surface area contributed by atoms with Crippen molar-refractivity contribution in [1.82, 2.24) is 29.5 Å². The molecule has 1 fully saturated rings. The highest BCUT2D eigenvalue weighted by Gasteiger charge is 2.35. The largest absolute Gasteiger partial charge is 0.381 e. The molecule has 3 atom stereocenters. The number of fused-ring (bicyclic) bond motifs is 3. The van der Waals surface area contributed by atoms with Gasteiger partial charge in [0.05, 0.1) is 23.6 Å². The Balaban J connectivity index is 1.46. The van der Waals surface area contributed by atoms with Crippen molar-refractivity contribution >= 4 is 22.5 Å². The molecule has 4 aromatic heterocycles. The maximum atomic E-state index is 4.53. The fourth-order valence-corrected chi connectivity index (χ4v) is 4.15. The van der Waals surface area contributed by atoms with Crippen molar-refractivity contribution in [3.8, 4) is 0 Å². The van der Waals surface area contributed by atoms with Crippen molar-refractivity contribution < 1.29 is 0 Å². The summed E-state index contributed by atoms with van der Waals surface area (Å²) in [6, 6.07) is 6.59. The van der Waals surface area contributed by atoms with E-state index in [1.807, 2.05) is 31.5 Å². The Hall–Kier alpha value is -2.96. The number of nitrogens with zero attached hydrogens (tertiary/aromatic N) is 5. The van der Waals surface area contributed by atoms with Crippen molar-refractivity contribution in [2.75, 3.05) is 5.32 Å². The third-order valence-corrected chi connectivity index (χ3v) is 5.46. The summed E-state index contributed by atoms with van der Waals surface area (Å²) in [5.41, 5.74) is 4.82. The molecule has 0 aromatic carbocycles. The predicted molar refractivity (Wildman–Crippen MR) is 100 cm³/mol. The van der Waals surface area contributed by atoms with Gasteiger partial charge in [-0.1, -0.05) is 6.92 Å². The summed E-state index contributed by atoms with van der Waals surface area (Å²) in [6.07, 6.45) is 7.74. The average Bonchev–Trinajstić information content (AvgIpc) is 3.34. The van der Waals surface area contributed by atoms with Gasteiger partial charge in [-0.3, -0.25) is 9.38 Å². The first-order valence-corrected chi connectivity index (χ1v) is 9.05. The Labute approximate surface area is 150 Å². The van der Waals surface area contributed by atoms with Gasteiger partial charge in [0.25, 0.3) is 0 Å². The summed E-state index contributed by atoms with van der Waals surface area (Å²) in [7, 11) is 0. The molecule has 26 heavy (non-hydrogen) atoms. The molecule has 1 unspecified atom stereocenters. The minimum Gasteiger partial charge on any atom is -0.381 e. The highest BCUT2D eigenvalue weighted by atomic mass is 15.3. The van der Waals surface area contributed by atoms with Crippen LogP contribution in [0.2, 0.25) is 0 Å². The number of rotatable bonds is 3. The second-order valence-corrected chi connectivity index (χ2v) is 7.31. The summed E-state index contributed by atoms with van der Waals surface area (Å²) in [4.78, 5) is 12.0. The first-order chi connectivity index (χ1) is 12.7. The maximum Gasteiger partial charge on any atom is 0.179 e. The topological polar surface area (TPSA) is 83.8 Å². The third kappa shape index (κ3) is 2.42. The standard InChI is InChI=1S/C19H21N7/c1-11-7-14(23-13-4-3-12(2)21-9-13)8-15(11)19-25-24-17-10-22-18-16(26(17)19)5-6-20-18/h3-6,9-11,14-15,20,23H,7-8H2,1-2H3/t11-,14+,15?/m1/s1. The quantitative estimate of drug-likeness (QED) is 0.594. The van der Waals surface area contributed by atoms with Gasteiger partial charge in [-0.15, -0.1) is 10.2 Å². The highest BCUT2D eigenvalue weighted by Crippen LogP contribution is 2.40. The normalized spacial score (nSPS) is 23.1. The predicted octanol–water partition coefficient (Wildman–Crippen LogP) is 3.30. The minimum atomic E-state index is 0.362. The highest BCUT2D eigenvalue weighted by molar-refractivity contribution is 5.74. The molecule has 0 bridgehead atoms. The number of pyridine rings is 1. The molecule has 0 spiro atoms. The molecule has 0 radical (unpaired) electrons. The lowest BCUT2D eigenvalue weighted by atomic mass is 9.97. The minimum absolute atomic E-state index is 0.362. The molecule has 5 rings (SSSR count). The van der Waals surface area contributed by atoms with Crippen LogP contribution >= 0.6 is 0 Å². The Morgan fingerprint density at radius 2 is 2.04 bits per heavy atom. The summed E-state index contributed by atoms with van der Waals surface area (Å²) in [6.45, 7) is 4.31. The lowest BCUT2D eigenvalue weighted by molar-refractivity contribution is 0.507. The van der Waals surface area contributed by atoms with Gasteiger partial charge in [0, 0.05) is 23.9 Å². The van der Waals surface area contributed by atoms with Crippen LogP contribution in [-0.4, -0.2) is 35.6 Å². The van der Waals surface area contributed by atoms with Crippen LogP contribution in [0.4, 0.5) is 5.69 Å². The van der Waals surface area contributed by atoms with Gasteiger partial charge in [0.2, 0.25) is 0 Å². The smallest absolute Gasteiger partial charge is 0.179 e. The van der Waals surface area contributed by atoms with Gasteiger partial charge >= 0.3 is 0 Å². The molecule has 2 N–H and O–H groups in total. The average molecular weight is 347 g/mol. The van der Waals surface area contributed by atoms with Gasteiger partial charge in [0.1, 0.15) is 5.82 Å². The van der Waals surface area contributed by atoms with Gasteiger partial charge in [-0.05, 0) is 43.9 Å². The number of aromatic nitrogens is 6. The third-order valence-electron chi connectivity index (χ3n) is 5.46. The van der Waals surface area contributed by atoms with E-state index in [0.717, 1.165) is 46.9 Å². The number of aryl methyl sites for hydroxylation is 1. The molecule has 0 amide bonds. The Morgan fingerprint density at radius 1 is 1.12 bits per heavy atom. The first kappa shape index (κ1) is 15.3. The molecular weight excluding hydrogens is 326 g/mol. The number of aromatic amines is 1. The van der Waals surface area contributed by atoms with Crippen LogP contribution in [-0.2, 0) is 0 Å². The van der Waals surface area contributed by atoms with E-state index in [2.05, 4.69) is 47.9 Å². The molecule has 4 aromatic rings. The molecule has 1 aliphatic carbocycles. The molecule has 0 aliphatic heterocycles. The van der Waals surface area contributed by atoms with E-state index in [1.54, 1.807) is 6.20 Å². The second kappa shape index (κ2) is 5.79. The lowest BCUT2D eigenvalue weighted by Gasteiger charge is -2.14. The van der Waals surface area contributed by atoms with E-state index in [0.29, 0.717) is 17.9 Å². The number of nitrogens with one attached hydrogen (secondary N) is 2. The van der Waals surface area contributed by atoms with E-state index < -0.39 is 0 Å². The van der Waals surface area contributed by atoms with Crippen LogP contribution in [0.15, 0.2) is 36.8 Å². The van der Waals surface area contributed by atoms with Gasteiger partial charge in [-0.2, -0.15) is 0 Å². The van der Waals surface area contributed by atoms with Crippen LogP contribution in [0.25, 0.3) is 16.8 Å². The summed E-state index contributed by atoms with van der Waals surface area (Å²) < 4.78 is 2.15. The molecule has 1 aliphatic rings. The van der Waals surface area contributed by atoms with E-state index in [-0.39, 0.29) is 0 Å². The Kier molecular flexibility index (Phi) is 3.41. The number of anilines is 1. The SMILES string of the molecule is Cc1ccc(N[C@@H]2CC(c3nnc4cnc5[nH]ccc5n34)[C@H](C)C2)cn1. The van der Waals surface area contributed by atoms with E-state index in [1.165, 1.54) is 0 Å². The molecule has 7 nitrogen and oxygen atoms in total. The van der Waals surface area contributed by atoms with E-state index in [4.69, 9.17) is 0 Å². The van der Waals surface area contributed by atoms with Gasteiger partial charge in [-0.25, -0.2) is 4.98 Å².